The molecular formula is C18H22ClN5O2. The van der Waals surface area contributed by atoms with Gasteiger partial charge in [-0.05, 0) is 26.7 Å². The second-order valence-electron chi connectivity index (χ2n) is 7.08. The van der Waals surface area contributed by atoms with Crippen LogP contribution in [0.5, 0.6) is 0 Å². The first-order chi connectivity index (χ1) is 12.5. The number of likely N-dealkylation sites (tertiary alicyclic amines) is 1. The molecule has 4 rings (SSSR count). The molecule has 2 aromatic heterocycles. The molecular weight excluding hydrogens is 354 g/mol. The van der Waals surface area contributed by atoms with E-state index in [0.29, 0.717) is 30.2 Å². The van der Waals surface area contributed by atoms with Crippen LogP contribution in [0, 0.1) is 0 Å². The minimum absolute atomic E-state index is 0.000672. The van der Waals surface area contributed by atoms with Gasteiger partial charge in [-0.3, -0.25) is 9.89 Å². The fraction of sp³-hybridized carbons (Fsp3) is 0.556. The second kappa shape index (κ2) is 6.96. The van der Waals surface area contributed by atoms with E-state index in [1.54, 1.807) is 12.4 Å². The molecule has 1 amide bonds. The summed E-state index contributed by atoms with van der Waals surface area (Å²) in [6.07, 6.45) is 5.69. The lowest BCUT2D eigenvalue weighted by Crippen LogP contribution is -2.39. The number of hydrogen-bond donors (Lipinski definition) is 1. The zero-order valence-electron chi connectivity index (χ0n) is 14.9. The van der Waals surface area contributed by atoms with Gasteiger partial charge in [0.1, 0.15) is 5.82 Å². The summed E-state index contributed by atoms with van der Waals surface area (Å²) in [7, 11) is 0. The van der Waals surface area contributed by atoms with E-state index < -0.39 is 0 Å². The van der Waals surface area contributed by atoms with Crippen molar-refractivity contribution in [2.75, 3.05) is 13.1 Å². The summed E-state index contributed by atoms with van der Waals surface area (Å²) < 4.78 is 5.80. The molecule has 7 nitrogen and oxygen atoms in total. The minimum atomic E-state index is -0.0596. The van der Waals surface area contributed by atoms with Crippen LogP contribution in [0.25, 0.3) is 0 Å². The van der Waals surface area contributed by atoms with Crippen molar-refractivity contribution in [3.05, 3.63) is 40.2 Å². The first kappa shape index (κ1) is 17.4. The zero-order chi connectivity index (χ0) is 18.3. The number of nitrogens with one attached hydrogen (secondary N) is 1. The van der Waals surface area contributed by atoms with Gasteiger partial charge in [0, 0.05) is 43.4 Å². The summed E-state index contributed by atoms with van der Waals surface area (Å²) in [5.41, 5.74) is 2.48. The van der Waals surface area contributed by atoms with Gasteiger partial charge in [0.15, 0.2) is 5.69 Å². The number of rotatable bonds is 2. The van der Waals surface area contributed by atoms with E-state index in [1.165, 1.54) is 0 Å². The van der Waals surface area contributed by atoms with Crippen molar-refractivity contribution in [2.45, 2.75) is 51.2 Å². The van der Waals surface area contributed by atoms with Gasteiger partial charge < -0.3 is 9.64 Å². The lowest BCUT2D eigenvalue weighted by atomic mass is 9.95. The highest BCUT2D eigenvalue weighted by Crippen LogP contribution is 2.32. The Hall–Kier alpha value is -1.99. The van der Waals surface area contributed by atoms with Gasteiger partial charge >= 0.3 is 0 Å². The number of aromatic amines is 1. The summed E-state index contributed by atoms with van der Waals surface area (Å²) in [6, 6.07) is 0. The van der Waals surface area contributed by atoms with Crippen molar-refractivity contribution in [2.24, 2.45) is 0 Å². The number of H-pyrrole nitrogens is 1. The fourth-order valence-electron chi connectivity index (χ4n) is 3.87. The Labute approximate surface area is 157 Å². The van der Waals surface area contributed by atoms with Crippen molar-refractivity contribution in [1.82, 2.24) is 25.1 Å². The van der Waals surface area contributed by atoms with Gasteiger partial charge in [0.25, 0.3) is 5.91 Å². The minimum Gasteiger partial charge on any atom is -0.369 e. The molecule has 8 heteroatoms. The zero-order valence-corrected chi connectivity index (χ0v) is 15.7. The predicted octanol–water partition coefficient (Wildman–Crippen LogP) is 2.90. The SMILES string of the molecule is C[C@@H]1Cc2c(C(=O)N3CCC(c4ncc(Cl)cn4)CC3)n[nH]c2[C@H](C)O1. The van der Waals surface area contributed by atoms with E-state index in [9.17, 15) is 4.79 Å². The number of amides is 1. The third kappa shape index (κ3) is 3.21. The molecule has 2 aromatic rings. The van der Waals surface area contributed by atoms with Crippen LogP contribution in [0.15, 0.2) is 12.4 Å². The highest BCUT2D eigenvalue weighted by molar-refractivity contribution is 6.30. The van der Waals surface area contributed by atoms with Gasteiger partial charge in [-0.1, -0.05) is 11.6 Å². The number of aromatic nitrogens is 4. The Kier molecular flexibility index (Phi) is 4.67. The molecule has 26 heavy (non-hydrogen) atoms. The highest BCUT2D eigenvalue weighted by Gasteiger charge is 2.33. The Balaban J connectivity index is 1.45. The molecule has 1 saturated heterocycles. The summed E-state index contributed by atoms with van der Waals surface area (Å²) in [4.78, 5) is 23.5. The number of halogens is 1. The van der Waals surface area contributed by atoms with E-state index >= 15 is 0 Å². The summed E-state index contributed by atoms with van der Waals surface area (Å²) in [5.74, 6) is 1.07. The molecule has 2 atom stereocenters. The molecule has 138 valence electrons. The molecule has 2 aliphatic rings. The van der Waals surface area contributed by atoms with Crippen LogP contribution < -0.4 is 0 Å². The molecule has 0 aliphatic carbocycles. The van der Waals surface area contributed by atoms with Gasteiger partial charge in [-0.15, -0.1) is 0 Å². The van der Waals surface area contributed by atoms with Crippen molar-refractivity contribution in [3.8, 4) is 0 Å². The lowest BCUT2D eigenvalue weighted by molar-refractivity contribution is -0.00703. The van der Waals surface area contributed by atoms with Gasteiger partial charge in [-0.25, -0.2) is 9.97 Å². The number of carbonyl (C=O) groups is 1. The Morgan fingerprint density at radius 2 is 1.96 bits per heavy atom. The van der Waals surface area contributed by atoms with Crippen LogP contribution in [0.2, 0.25) is 5.02 Å². The lowest BCUT2D eigenvalue weighted by Gasteiger charge is -2.31. The number of fused-ring (bicyclic) bond motifs is 1. The number of carbonyl (C=O) groups excluding carboxylic acids is 1. The van der Waals surface area contributed by atoms with E-state index in [1.807, 2.05) is 18.7 Å². The van der Waals surface area contributed by atoms with Gasteiger partial charge in [0.2, 0.25) is 0 Å². The number of hydrogen-bond acceptors (Lipinski definition) is 5. The predicted molar refractivity (Wildman–Crippen MR) is 96.2 cm³/mol. The van der Waals surface area contributed by atoms with Crippen LogP contribution in [0.1, 0.15) is 66.3 Å². The van der Waals surface area contributed by atoms with Crippen molar-refractivity contribution in [3.63, 3.8) is 0 Å². The second-order valence-corrected chi connectivity index (χ2v) is 7.52. The van der Waals surface area contributed by atoms with Crippen molar-refractivity contribution in [1.29, 1.82) is 0 Å². The smallest absolute Gasteiger partial charge is 0.274 e. The molecule has 0 bridgehead atoms. The van der Waals surface area contributed by atoms with Crippen LogP contribution >= 0.6 is 11.6 Å². The highest BCUT2D eigenvalue weighted by atomic mass is 35.5. The molecule has 4 heterocycles. The first-order valence-corrected chi connectivity index (χ1v) is 9.40. The van der Waals surface area contributed by atoms with Crippen LogP contribution in [0.3, 0.4) is 0 Å². The summed E-state index contributed by atoms with van der Waals surface area (Å²) in [5, 5.41) is 7.85. The van der Waals surface area contributed by atoms with Crippen LogP contribution in [0.4, 0.5) is 0 Å². The van der Waals surface area contributed by atoms with Crippen LogP contribution in [-0.2, 0) is 11.2 Å². The van der Waals surface area contributed by atoms with Gasteiger partial charge in [0.05, 0.1) is 22.9 Å². The fourth-order valence-corrected chi connectivity index (χ4v) is 3.97. The number of nitrogens with zero attached hydrogens (tertiary/aromatic N) is 4. The molecule has 0 saturated carbocycles. The third-order valence-corrected chi connectivity index (χ3v) is 5.42. The topological polar surface area (TPSA) is 84.0 Å². The maximum atomic E-state index is 13.0. The molecule has 2 aliphatic heterocycles. The molecule has 0 spiro atoms. The maximum Gasteiger partial charge on any atom is 0.274 e. The Morgan fingerprint density at radius 3 is 2.65 bits per heavy atom. The molecule has 0 radical (unpaired) electrons. The first-order valence-electron chi connectivity index (χ1n) is 9.02. The van der Waals surface area contributed by atoms with Crippen LogP contribution in [-0.4, -0.2) is 50.2 Å². The maximum absolute atomic E-state index is 13.0. The molecule has 0 unspecified atom stereocenters. The van der Waals surface area contributed by atoms with Crippen molar-refractivity contribution < 1.29 is 9.53 Å². The number of ether oxygens (including phenoxy) is 1. The summed E-state index contributed by atoms with van der Waals surface area (Å²) in [6.45, 7) is 5.37. The largest absolute Gasteiger partial charge is 0.369 e. The third-order valence-electron chi connectivity index (χ3n) is 5.22. The average Bonchev–Trinajstić information content (AvgIpc) is 3.06. The quantitative estimate of drug-likeness (QED) is 0.872. The Morgan fingerprint density at radius 1 is 1.27 bits per heavy atom. The molecule has 1 N–H and O–H groups in total. The Bertz CT molecular complexity index is 798. The molecule has 0 aromatic carbocycles. The molecule has 1 fully saturated rings. The summed E-state index contributed by atoms with van der Waals surface area (Å²) >= 11 is 5.85. The van der Waals surface area contributed by atoms with E-state index in [2.05, 4.69) is 20.2 Å². The monoisotopic (exact) mass is 375 g/mol. The van der Waals surface area contributed by atoms with E-state index in [0.717, 1.165) is 29.9 Å². The average molecular weight is 376 g/mol. The standard InChI is InChI=1S/C18H22ClN5O2/c1-10-7-14-15(11(2)26-10)22-23-16(14)18(25)24-5-3-12(4-6-24)17-20-8-13(19)9-21-17/h8-12H,3-7H2,1-2H3,(H,22,23)/t10-,11+/m1/s1. The van der Waals surface area contributed by atoms with E-state index in [-0.39, 0.29) is 24.0 Å². The number of piperidine rings is 1. The van der Waals surface area contributed by atoms with Crippen molar-refractivity contribution >= 4 is 17.5 Å². The van der Waals surface area contributed by atoms with E-state index in [4.69, 9.17) is 16.3 Å². The normalized spacial score (nSPS) is 23.7. The van der Waals surface area contributed by atoms with Gasteiger partial charge in [-0.2, -0.15) is 5.10 Å².